The van der Waals surface area contributed by atoms with E-state index >= 15 is 0 Å². The predicted molar refractivity (Wildman–Crippen MR) is 463 cm³/mol. The molecule has 19 heteroatoms. The number of allylic oxidation sites excluding steroid dienone is 36. The maximum absolute atomic E-state index is 13.1. The summed E-state index contributed by atoms with van der Waals surface area (Å²) in [7, 11) is -10.0. The molecule has 3 N–H and O–H groups in total. The van der Waals surface area contributed by atoms with Crippen molar-refractivity contribution in [3.63, 3.8) is 0 Å². The van der Waals surface area contributed by atoms with Crippen molar-refractivity contribution >= 4 is 39.5 Å². The Balaban J connectivity index is 5.56. The molecule has 0 aromatic rings. The van der Waals surface area contributed by atoms with Gasteiger partial charge in [0.2, 0.25) is 0 Å². The molecule has 0 amide bonds. The first kappa shape index (κ1) is 105. The number of hydrogen-bond acceptors (Lipinski definition) is 15. The molecule has 0 bridgehead atoms. The van der Waals surface area contributed by atoms with Gasteiger partial charge in [-0.3, -0.25) is 37.3 Å². The van der Waals surface area contributed by atoms with Gasteiger partial charge in [-0.05, 0) is 186 Å². The average Bonchev–Trinajstić information content (AvgIpc) is 0.898. The second kappa shape index (κ2) is 82.4. The number of hydrogen-bond donors (Lipinski definition) is 3. The topological polar surface area (TPSA) is 237 Å². The molecule has 112 heavy (non-hydrogen) atoms. The second-order valence-corrected chi connectivity index (χ2v) is 29.8. The van der Waals surface area contributed by atoms with E-state index in [2.05, 4.69) is 228 Å². The first-order chi connectivity index (χ1) is 54.7. The van der Waals surface area contributed by atoms with Crippen molar-refractivity contribution in [3.05, 3.63) is 219 Å². The Morgan fingerprint density at radius 3 is 0.777 bits per heavy atom. The number of esters is 4. The highest BCUT2D eigenvalue weighted by molar-refractivity contribution is 7.47. The van der Waals surface area contributed by atoms with E-state index in [4.69, 9.17) is 37.0 Å². The van der Waals surface area contributed by atoms with E-state index < -0.39 is 97.5 Å². The number of ether oxygens (including phenoxy) is 4. The fourth-order valence-corrected chi connectivity index (χ4v) is 11.7. The minimum atomic E-state index is -5.02. The molecular weight excluding hydrogens is 1450 g/mol. The third-order valence-electron chi connectivity index (χ3n) is 16.4. The van der Waals surface area contributed by atoms with Gasteiger partial charge in [0, 0.05) is 25.7 Å². The highest BCUT2D eigenvalue weighted by Gasteiger charge is 2.30. The van der Waals surface area contributed by atoms with Crippen molar-refractivity contribution in [3.8, 4) is 0 Å². The number of phosphoric acid groups is 2. The molecule has 0 aromatic carbocycles. The van der Waals surface area contributed by atoms with Crippen LogP contribution in [-0.4, -0.2) is 96.7 Å². The first-order valence-corrected chi connectivity index (χ1v) is 45.0. The van der Waals surface area contributed by atoms with Crippen LogP contribution in [-0.2, 0) is 65.4 Å². The van der Waals surface area contributed by atoms with Gasteiger partial charge in [-0.1, -0.05) is 291 Å². The zero-order chi connectivity index (χ0) is 81.7. The van der Waals surface area contributed by atoms with Crippen LogP contribution in [0, 0.1) is 0 Å². The Kier molecular flexibility index (Phi) is 77.5. The number of aliphatic hydroxyl groups is 1. The van der Waals surface area contributed by atoms with Gasteiger partial charge in [-0.15, -0.1) is 0 Å². The van der Waals surface area contributed by atoms with E-state index in [1.807, 2.05) is 18.2 Å². The summed E-state index contributed by atoms with van der Waals surface area (Å²) >= 11 is 0. The van der Waals surface area contributed by atoms with Crippen LogP contribution in [0.5, 0.6) is 0 Å². The smallest absolute Gasteiger partial charge is 0.462 e. The lowest BCUT2D eigenvalue weighted by Gasteiger charge is -2.21. The molecular formula is C93H146O17P2. The Hall–Kier alpha value is -6.62. The zero-order valence-electron chi connectivity index (χ0n) is 69.0. The second-order valence-electron chi connectivity index (χ2n) is 26.9. The molecule has 0 spiro atoms. The van der Waals surface area contributed by atoms with Crippen molar-refractivity contribution in [2.75, 3.05) is 39.6 Å². The van der Waals surface area contributed by atoms with E-state index in [1.54, 1.807) is 0 Å². The highest BCUT2D eigenvalue weighted by Crippen LogP contribution is 2.45. The lowest BCUT2D eigenvalue weighted by atomic mass is 10.1. The normalized spacial score (nSPS) is 14.9. The Morgan fingerprint density at radius 2 is 0.482 bits per heavy atom. The zero-order valence-corrected chi connectivity index (χ0v) is 70.8. The standard InChI is InChI=1S/C93H146O17P2/c1-5-9-13-17-21-25-29-33-37-40-43-46-50-53-57-61-65-69-73-77-90(95)103-83-88(109-92(97)79-75-71-67-63-59-55-49-36-32-28-24-20-16-12-8-4)85-107-111(99,100)105-81-87(94)82-106-112(101,102)108-86-89(110-93(98)80-76-72-68-64-60-56-52-48-45-42-39-35-31-27-23-19-15-11-7-3)84-104-91(96)78-74-70-66-62-58-54-51-47-44-41-38-34-30-26-22-18-14-10-6-2/h9-11,13-15,21-28,33-39,43-49,53-54,56-58,60,66,70,87-89,94H,5-8,12,16-20,29-32,40-42,50-52,55,59,61-65,67-69,71-86H2,1-4H3,(H,99,100)(H,101,102)/b13-9-,14-10-,15-11-,25-21-,26-22-,27-23-,28-24-,37-33-,38-34-,39-35-,46-43-,47-44-,48-45-,49-36-,57-53-,58-54-,60-56-,70-66-/t87-,88+,89+/m0/s1. The van der Waals surface area contributed by atoms with E-state index in [0.717, 1.165) is 180 Å². The number of carbonyl (C=O) groups excluding carboxylic acids is 4. The van der Waals surface area contributed by atoms with Crippen molar-refractivity contribution in [1.29, 1.82) is 0 Å². The Bertz CT molecular complexity index is 2990. The van der Waals surface area contributed by atoms with Crippen LogP contribution in [0.1, 0.15) is 285 Å². The summed E-state index contributed by atoms with van der Waals surface area (Å²) in [6.45, 7) is 4.30. The van der Waals surface area contributed by atoms with Gasteiger partial charge in [0.15, 0.2) is 12.2 Å². The number of phosphoric ester groups is 2. The highest BCUT2D eigenvalue weighted by atomic mass is 31.2. The van der Waals surface area contributed by atoms with E-state index in [1.165, 1.54) is 19.3 Å². The van der Waals surface area contributed by atoms with Crippen LogP contribution >= 0.6 is 15.6 Å². The fraction of sp³-hybridized carbons (Fsp3) is 0.570. The van der Waals surface area contributed by atoms with Crippen LogP contribution in [0.25, 0.3) is 0 Å². The van der Waals surface area contributed by atoms with Gasteiger partial charge in [-0.25, -0.2) is 9.13 Å². The average molecular weight is 1600 g/mol. The third-order valence-corrected chi connectivity index (χ3v) is 18.3. The van der Waals surface area contributed by atoms with Gasteiger partial charge in [0.05, 0.1) is 26.4 Å². The largest absolute Gasteiger partial charge is 0.472 e. The van der Waals surface area contributed by atoms with Gasteiger partial charge < -0.3 is 33.8 Å². The summed E-state index contributed by atoms with van der Waals surface area (Å²) in [5.41, 5.74) is 0. The number of aliphatic hydroxyl groups excluding tert-OH is 1. The van der Waals surface area contributed by atoms with Crippen LogP contribution in [0.3, 0.4) is 0 Å². The van der Waals surface area contributed by atoms with Crippen molar-refractivity contribution < 1.29 is 80.2 Å². The summed E-state index contributed by atoms with van der Waals surface area (Å²) in [5.74, 6) is -2.39. The van der Waals surface area contributed by atoms with E-state index in [0.29, 0.717) is 32.1 Å². The fourth-order valence-electron chi connectivity index (χ4n) is 10.2. The van der Waals surface area contributed by atoms with Crippen LogP contribution in [0.4, 0.5) is 0 Å². The van der Waals surface area contributed by atoms with Gasteiger partial charge in [0.25, 0.3) is 0 Å². The molecule has 0 aliphatic carbocycles. The monoisotopic (exact) mass is 1600 g/mol. The summed E-state index contributed by atoms with van der Waals surface area (Å²) in [6, 6.07) is 0. The maximum Gasteiger partial charge on any atom is 0.472 e. The Morgan fingerprint density at radius 1 is 0.259 bits per heavy atom. The number of rotatable bonds is 76. The lowest BCUT2D eigenvalue weighted by molar-refractivity contribution is -0.161. The maximum atomic E-state index is 13.1. The molecule has 0 saturated heterocycles. The predicted octanol–water partition coefficient (Wildman–Crippen LogP) is 25.2. The van der Waals surface area contributed by atoms with Crippen molar-refractivity contribution in [2.24, 2.45) is 0 Å². The molecule has 0 radical (unpaired) electrons. The van der Waals surface area contributed by atoms with E-state index in [-0.39, 0.29) is 25.7 Å². The lowest BCUT2D eigenvalue weighted by Crippen LogP contribution is -2.30. The molecule has 0 saturated carbocycles. The summed E-state index contributed by atoms with van der Waals surface area (Å²) in [5, 5.41) is 10.7. The quantitative estimate of drug-likeness (QED) is 0.0169. The molecule has 0 heterocycles. The number of carbonyl (C=O) groups is 4. The van der Waals surface area contributed by atoms with Gasteiger partial charge >= 0.3 is 39.5 Å². The first-order valence-electron chi connectivity index (χ1n) is 42.0. The third kappa shape index (κ3) is 81.4. The molecule has 630 valence electrons. The molecule has 0 aliphatic rings. The van der Waals surface area contributed by atoms with Gasteiger partial charge in [0.1, 0.15) is 19.3 Å². The molecule has 17 nitrogen and oxygen atoms in total. The van der Waals surface area contributed by atoms with Crippen LogP contribution in [0.2, 0.25) is 0 Å². The van der Waals surface area contributed by atoms with Crippen molar-refractivity contribution in [2.45, 2.75) is 303 Å². The molecule has 2 unspecified atom stereocenters. The molecule has 0 fully saturated rings. The molecule has 0 rings (SSSR count). The molecule has 5 atom stereocenters. The SMILES string of the molecule is CC/C=C\C/C=C\C/C=C\C/C=C\C/C=C\C/C=C\CCC(=O)OC[C@H](COP(=O)(O)OC[C@@H](O)COP(=O)(O)OC[C@@H](COC(=O)CCCCC/C=C\C/C=C\C/C=C\C/C=C\C/C=C\CC)OC(=O)CCCCCCC/C=C\C/C=C\CCCCC)OC(=O)CCCCC/C=C\C/C=C\C/C=C\C/C=C\C/C=C\CC. The molecule has 0 aliphatic heterocycles. The van der Waals surface area contributed by atoms with Gasteiger partial charge in [-0.2, -0.15) is 0 Å². The summed E-state index contributed by atoms with van der Waals surface area (Å²) in [6.07, 6.45) is 105. The summed E-state index contributed by atoms with van der Waals surface area (Å²) in [4.78, 5) is 73.2. The van der Waals surface area contributed by atoms with Crippen molar-refractivity contribution in [1.82, 2.24) is 0 Å². The minimum Gasteiger partial charge on any atom is -0.462 e. The Labute approximate surface area is 677 Å². The van der Waals surface area contributed by atoms with Crippen LogP contribution in [0.15, 0.2) is 219 Å². The van der Waals surface area contributed by atoms with Crippen LogP contribution < -0.4 is 0 Å². The number of unbranched alkanes of at least 4 members (excludes halogenated alkanes) is 14. The molecule has 0 aromatic heterocycles. The minimum absolute atomic E-state index is 0.0181. The summed E-state index contributed by atoms with van der Waals surface area (Å²) < 4.78 is 68.6. The van der Waals surface area contributed by atoms with E-state index in [9.17, 15) is 43.2 Å².